The molecule has 3 N–H and O–H groups in total. The van der Waals surface area contributed by atoms with Crippen molar-refractivity contribution >= 4 is 40.8 Å². The molecule has 1 saturated heterocycles. The van der Waals surface area contributed by atoms with E-state index >= 15 is 0 Å². The van der Waals surface area contributed by atoms with Crippen molar-refractivity contribution in [1.29, 1.82) is 0 Å². The highest BCUT2D eigenvalue weighted by molar-refractivity contribution is 6.07. The summed E-state index contributed by atoms with van der Waals surface area (Å²) in [7, 11) is 3.51. The molecule has 41 heavy (non-hydrogen) atoms. The first-order chi connectivity index (χ1) is 19.5. The van der Waals surface area contributed by atoms with Gasteiger partial charge in [-0.25, -0.2) is 9.78 Å². The largest absolute Gasteiger partial charge is 0.418 e. The van der Waals surface area contributed by atoms with Gasteiger partial charge in [-0.1, -0.05) is 13.0 Å². The first-order valence-electron chi connectivity index (χ1n) is 13.2. The Kier molecular flexibility index (Phi) is 7.47. The monoisotopic (exact) mass is 568 g/mol. The van der Waals surface area contributed by atoms with Crippen molar-refractivity contribution in [2.75, 3.05) is 66.0 Å². The SMILES string of the molecule is CCc1ccc(NC(=O)c2ccc(N3CCN(C)CC3)c(C(F)(F)F)c2)cc1N1Cc2cnc(N)nc2N(C)C1=O. The van der Waals surface area contributed by atoms with Crippen LogP contribution in [0.3, 0.4) is 0 Å². The van der Waals surface area contributed by atoms with E-state index < -0.39 is 17.6 Å². The Morgan fingerprint density at radius 3 is 2.46 bits per heavy atom. The minimum Gasteiger partial charge on any atom is -0.368 e. The zero-order valence-electron chi connectivity index (χ0n) is 23.0. The van der Waals surface area contributed by atoms with Gasteiger partial charge in [-0.3, -0.25) is 14.6 Å². The summed E-state index contributed by atoms with van der Waals surface area (Å²) in [6, 6.07) is 8.42. The van der Waals surface area contributed by atoms with Crippen LogP contribution in [0.1, 0.15) is 34.0 Å². The topological polar surface area (TPSA) is 111 Å². The van der Waals surface area contributed by atoms with Crippen LogP contribution < -0.4 is 25.8 Å². The molecule has 3 amide bonds. The molecule has 0 unspecified atom stereocenters. The van der Waals surface area contributed by atoms with Crippen molar-refractivity contribution in [1.82, 2.24) is 14.9 Å². The second-order valence-electron chi connectivity index (χ2n) is 10.2. The number of benzene rings is 2. The van der Waals surface area contributed by atoms with Crippen LogP contribution in [-0.2, 0) is 19.1 Å². The molecule has 216 valence electrons. The molecule has 13 heteroatoms. The van der Waals surface area contributed by atoms with Crippen LogP contribution in [0.25, 0.3) is 0 Å². The van der Waals surface area contributed by atoms with Crippen molar-refractivity contribution in [2.24, 2.45) is 0 Å². The molecular weight excluding hydrogens is 537 g/mol. The number of aromatic nitrogens is 2. The van der Waals surface area contributed by atoms with Crippen molar-refractivity contribution in [2.45, 2.75) is 26.1 Å². The van der Waals surface area contributed by atoms with Gasteiger partial charge in [0.25, 0.3) is 5.91 Å². The van der Waals surface area contributed by atoms with Gasteiger partial charge in [0.05, 0.1) is 17.8 Å². The number of aryl methyl sites for hydroxylation is 1. The molecule has 0 bridgehead atoms. The van der Waals surface area contributed by atoms with Gasteiger partial charge in [-0.15, -0.1) is 0 Å². The number of nitrogens with two attached hydrogens (primary N) is 1. The van der Waals surface area contributed by atoms with Gasteiger partial charge >= 0.3 is 12.2 Å². The molecule has 5 rings (SSSR count). The van der Waals surface area contributed by atoms with E-state index in [-0.39, 0.29) is 29.8 Å². The number of piperazine rings is 1. The Morgan fingerprint density at radius 1 is 1.05 bits per heavy atom. The molecule has 0 atom stereocenters. The lowest BCUT2D eigenvalue weighted by molar-refractivity contribution is -0.137. The summed E-state index contributed by atoms with van der Waals surface area (Å²) >= 11 is 0. The molecule has 2 aliphatic rings. The number of nitrogen functional groups attached to an aromatic ring is 1. The fraction of sp³-hybridized carbons (Fsp3) is 0.357. The number of likely N-dealkylation sites (N-methyl/N-ethyl adjacent to an activating group) is 1. The lowest BCUT2D eigenvalue weighted by atomic mass is 10.0. The summed E-state index contributed by atoms with van der Waals surface area (Å²) < 4.78 is 42.2. The minimum atomic E-state index is -4.63. The van der Waals surface area contributed by atoms with Crippen LogP contribution in [-0.4, -0.2) is 67.1 Å². The first kappa shape index (κ1) is 28.1. The zero-order valence-corrected chi connectivity index (χ0v) is 23.0. The van der Waals surface area contributed by atoms with Crippen molar-refractivity contribution < 1.29 is 22.8 Å². The average Bonchev–Trinajstić information content (AvgIpc) is 2.95. The van der Waals surface area contributed by atoms with E-state index in [0.29, 0.717) is 55.4 Å². The summed E-state index contributed by atoms with van der Waals surface area (Å²) in [5, 5.41) is 2.71. The van der Waals surface area contributed by atoms with Crippen molar-refractivity contribution in [3.63, 3.8) is 0 Å². The number of carbonyl (C=O) groups is 2. The summed E-state index contributed by atoms with van der Waals surface area (Å²) in [5.41, 5.74) is 7.24. The van der Waals surface area contributed by atoms with Gasteiger partial charge in [0.1, 0.15) is 5.82 Å². The molecule has 3 heterocycles. The molecule has 10 nitrogen and oxygen atoms in total. The molecule has 2 aliphatic heterocycles. The van der Waals surface area contributed by atoms with E-state index in [1.807, 2.05) is 14.0 Å². The number of hydrogen-bond donors (Lipinski definition) is 2. The predicted molar refractivity (Wildman–Crippen MR) is 151 cm³/mol. The lowest BCUT2D eigenvalue weighted by Gasteiger charge is -2.35. The molecule has 3 aromatic rings. The number of rotatable bonds is 5. The van der Waals surface area contributed by atoms with Crippen LogP contribution in [0.4, 0.5) is 46.8 Å². The van der Waals surface area contributed by atoms with E-state index in [2.05, 4.69) is 20.2 Å². The fourth-order valence-corrected chi connectivity index (χ4v) is 5.13. The molecule has 1 fully saturated rings. The number of anilines is 5. The number of nitrogens with one attached hydrogen (secondary N) is 1. The second kappa shape index (κ2) is 10.9. The summed E-state index contributed by atoms with van der Waals surface area (Å²) in [4.78, 5) is 41.3. The zero-order chi connectivity index (χ0) is 29.5. The van der Waals surface area contributed by atoms with Crippen molar-refractivity contribution in [3.05, 3.63) is 64.8 Å². The van der Waals surface area contributed by atoms with Crippen LogP contribution >= 0.6 is 0 Å². The molecule has 0 radical (unpaired) electrons. The third-order valence-corrected chi connectivity index (χ3v) is 7.45. The van der Waals surface area contributed by atoms with Gasteiger partial charge in [0.2, 0.25) is 5.95 Å². The Bertz CT molecular complexity index is 1490. The maximum atomic E-state index is 14.1. The maximum absolute atomic E-state index is 14.1. The number of carbonyl (C=O) groups excluding carboxylic acids is 2. The first-order valence-corrected chi connectivity index (χ1v) is 13.2. The Labute approximate surface area is 235 Å². The molecule has 0 spiro atoms. The number of nitrogens with zero attached hydrogens (tertiary/aromatic N) is 6. The van der Waals surface area contributed by atoms with Crippen LogP contribution in [0.2, 0.25) is 0 Å². The third kappa shape index (κ3) is 5.62. The van der Waals surface area contributed by atoms with Gasteiger partial charge in [-0.2, -0.15) is 18.2 Å². The Hall–Kier alpha value is -4.39. The predicted octanol–water partition coefficient (Wildman–Crippen LogP) is 4.22. The van der Waals surface area contributed by atoms with Gasteiger partial charge in [0.15, 0.2) is 0 Å². The average molecular weight is 569 g/mol. The van der Waals surface area contributed by atoms with Crippen LogP contribution in [0.5, 0.6) is 0 Å². The van der Waals surface area contributed by atoms with E-state index in [1.165, 1.54) is 17.0 Å². The normalized spacial score (nSPS) is 16.1. The van der Waals surface area contributed by atoms with Gasteiger partial charge in [-0.05, 0) is 49.4 Å². The molecule has 0 aliphatic carbocycles. The number of halogens is 3. The number of fused-ring (bicyclic) bond motifs is 1. The van der Waals surface area contributed by atoms with E-state index in [0.717, 1.165) is 11.6 Å². The number of amides is 3. The Morgan fingerprint density at radius 2 is 1.78 bits per heavy atom. The standard InChI is InChI=1S/C28H31F3N8O2/c1-4-17-5-7-20(14-23(17)39-16-19-15-33-26(32)35-24(19)37(3)27(39)41)34-25(40)18-6-8-22(21(13-18)28(29,30)31)38-11-9-36(2)10-12-38/h5-8,13-15H,4,9-12,16H2,1-3H3,(H,34,40)(H2,32,33,35). The second-order valence-corrected chi connectivity index (χ2v) is 10.2. The lowest BCUT2D eigenvalue weighted by Crippen LogP contribution is -2.46. The summed E-state index contributed by atoms with van der Waals surface area (Å²) in [6.45, 7) is 4.35. The smallest absolute Gasteiger partial charge is 0.368 e. The number of hydrogen-bond acceptors (Lipinski definition) is 7. The summed E-state index contributed by atoms with van der Waals surface area (Å²) in [6.07, 6.45) is -2.46. The highest BCUT2D eigenvalue weighted by Gasteiger charge is 2.36. The van der Waals surface area contributed by atoms with E-state index in [4.69, 9.17) is 5.73 Å². The molecular formula is C28H31F3N8O2. The van der Waals surface area contributed by atoms with E-state index in [9.17, 15) is 22.8 Å². The molecule has 0 saturated carbocycles. The molecule has 2 aromatic carbocycles. The van der Waals surface area contributed by atoms with E-state index in [1.54, 1.807) is 41.2 Å². The fourth-order valence-electron chi connectivity index (χ4n) is 5.13. The number of urea groups is 1. The molecule has 1 aromatic heterocycles. The highest BCUT2D eigenvalue weighted by atomic mass is 19.4. The quantitative estimate of drug-likeness (QED) is 0.474. The van der Waals surface area contributed by atoms with Gasteiger partial charge < -0.3 is 20.9 Å². The minimum absolute atomic E-state index is 0.0565. The van der Waals surface area contributed by atoms with Crippen LogP contribution in [0.15, 0.2) is 42.6 Å². The third-order valence-electron chi connectivity index (χ3n) is 7.45. The highest BCUT2D eigenvalue weighted by Crippen LogP contribution is 2.38. The number of alkyl halides is 3. The van der Waals surface area contributed by atoms with Crippen LogP contribution in [0, 0.1) is 0 Å². The van der Waals surface area contributed by atoms with Gasteiger partial charge in [0, 0.05) is 61.9 Å². The summed E-state index contributed by atoms with van der Waals surface area (Å²) in [5.74, 6) is -0.213. The Balaban J connectivity index is 1.42. The van der Waals surface area contributed by atoms with Crippen molar-refractivity contribution in [3.8, 4) is 0 Å². The maximum Gasteiger partial charge on any atom is 0.418 e.